The average molecular weight is 369 g/mol. The van der Waals surface area contributed by atoms with Crippen LogP contribution in [0.5, 0.6) is 0 Å². The van der Waals surface area contributed by atoms with Crippen LogP contribution in [0.1, 0.15) is 19.8 Å². The van der Waals surface area contributed by atoms with Gasteiger partial charge in [-0.05, 0) is 42.3 Å². The summed E-state index contributed by atoms with van der Waals surface area (Å²) >= 11 is 1.16. The zero-order chi connectivity index (χ0) is 17.8. The van der Waals surface area contributed by atoms with Gasteiger partial charge < -0.3 is 10.1 Å². The van der Waals surface area contributed by atoms with E-state index >= 15 is 0 Å². The average Bonchev–Trinajstić information content (AvgIpc) is 3.23. The van der Waals surface area contributed by atoms with E-state index in [-0.39, 0.29) is 11.8 Å². The lowest BCUT2D eigenvalue weighted by molar-refractivity contribution is -0.115. The van der Waals surface area contributed by atoms with Gasteiger partial charge in [-0.3, -0.25) is 4.79 Å². The maximum Gasteiger partial charge on any atom is 0.237 e. The van der Waals surface area contributed by atoms with Crippen LogP contribution in [0.2, 0.25) is 0 Å². The van der Waals surface area contributed by atoms with E-state index in [9.17, 15) is 13.6 Å². The van der Waals surface area contributed by atoms with Gasteiger partial charge in [0.1, 0.15) is 11.6 Å². The highest BCUT2D eigenvalue weighted by Crippen LogP contribution is 2.24. The molecule has 2 aromatic rings. The molecule has 1 fully saturated rings. The molecule has 3 rings (SSSR count). The topological polar surface area (TPSA) is 81.9 Å². The number of thioether (sulfide) groups is 1. The van der Waals surface area contributed by atoms with Gasteiger partial charge >= 0.3 is 0 Å². The minimum Gasteiger partial charge on any atom is -0.376 e. The third-order valence-corrected chi connectivity index (χ3v) is 4.81. The molecule has 2 heterocycles. The number of aromatic nitrogens is 4. The lowest BCUT2D eigenvalue weighted by Gasteiger charge is -2.13. The Morgan fingerprint density at radius 1 is 1.52 bits per heavy atom. The van der Waals surface area contributed by atoms with Gasteiger partial charge in [0.2, 0.25) is 11.1 Å². The van der Waals surface area contributed by atoms with E-state index in [0.29, 0.717) is 11.7 Å². The van der Waals surface area contributed by atoms with Crippen molar-refractivity contribution in [3.63, 3.8) is 0 Å². The van der Waals surface area contributed by atoms with Gasteiger partial charge in [-0.15, -0.1) is 5.10 Å². The molecule has 0 spiro atoms. The van der Waals surface area contributed by atoms with E-state index in [1.54, 1.807) is 11.6 Å². The van der Waals surface area contributed by atoms with Crippen molar-refractivity contribution < 1.29 is 18.3 Å². The normalized spacial score (nSPS) is 18.3. The monoisotopic (exact) mass is 369 g/mol. The van der Waals surface area contributed by atoms with Crippen molar-refractivity contribution in [3.05, 3.63) is 29.8 Å². The Morgan fingerprint density at radius 2 is 2.36 bits per heavy atom. The first kappa shape index (κ1) is 17.7. The maximum atomic E-state index is 13.6. The number of nitrogens with zero attached hydrogens (tertiary/aromatic N) is 4. The predicted octanol–water partition coefficient (Wildman–Crippen LogP) is 2.25. The second-order valence-electron chi connectivity index (χ2n) is 5.65. The SMILES string of the molecule is CC(Sc1nnnn1CC1CCCO1)C(=O)Nc1ccc(F)cc1F. The summed E-state index contributed by atoms with van der Waals surface area (Å²) in [4.78, 5) is 12.2. The van der Waals surface area contributed by atoms with Crippen molar-refractivity contribution >= 4 is 23.4 Å². The van der Waals surface area contributed by atoms with Crippen molar-refractivity contribution in [2.75, 3.05) is 11.9 Å². The van der Waals surface area contributed by atoms with Crippen LogP contribution < -0.4 is 5.32 Å². The van der Waals surface area contributed by atoms with Crippen LogP contribution in [0.3, 0.4) is 0 Å². The molecule has 7 nitrogen and oxygen atoms in total. The van der Waals surface area contributed by atoms with Crippen molar-refractivity contribution in [2.24, 2.45) is 0 Å². The Hall–Kier alpha value is -2.07. The van der Waals surface area contributed by atoms with Crippen molar-refractivity contribution in [2.45, 2.75) is 42.8 Å². The van der Waals surface area contributed by atoms with Crippen molar-refractivity contribution in [3.8, 4) is 0 Å². The first-order valence-corrected chi connectivity index (χ1v) is 8.71. The number of benzene rings is 1. The molecule has 134 valence electrons. The summed E-state index contributed by atoms with van der Waals surface area (Å²) in [7, 11) is 0. The summed E-state index contributed by atoms with van der Waals surface area (Å²) in [5.74, 6) is -1.96. The van der Waals surface area contributed by atoms with Crippen LogP contribution in [0.15, 0.2) is 23.4 Å². The smallest absolute Gasteiger partial charge is 0.237 e. The third-order valence-electron chi connectivity index (χ3n) is 3.74. The summed E-state index contributed by atoms with van der Waals surface area (Å²) in [5, 5.41) is 13.8. The summed E-state index contributed by atoms with van der Waals surface area (Å²) in [6.45, 7) is 2.92. The van der Waals surface area contributed by atoms with Gasteiger partial charge in [0.05, 0.1) is 23.6 Å². The molecule has 1 N–H and O–H groups in total. The Bertz CT molecular complexity index is 751. The van der Waals surface area contributed by atoms with Crippen LogP contribution in [-0.4, -0.2) is 44.1 Å². The molecule has 1 aliphatic rings. The molecular weight excluding hydrogens is 352 g/mol. The summed E-state index contributed by atoms with van der Waals surface area (Å²) in [6.07, 6.45) is 2.03. The molecule has 2 unspecified atom stereocenters. The summed E-state index contributed by atoms with van der Waals surface area (Å²) in [5.41, 5.74) is -0.0715. The van der Waals surface area contributed by atoms with Crippen molar-refractivity contribution in [1.82, 2.24) is 20.2 Å². The largest absolute Gasteiger partial charge is 0.376 e. The molecule has 1 aliphatic heterocycles. The number of hydrogen-bond acceptors (Lipinski definition) is 6. The van der Waals surface area contributed by atoms with Crippen LogP contribution in [0.4, 0.5) is 14.5 Å². The Morgan fingerprint density at radius 3 is 3.08 bits per heavy atom. The molecule has 0 radical (unpaired) electrons. The van der Waals surface area contributed by atoms with Crippen LogP contribution >= 0.6 is 11.8 Å². The lowest BCUT2D eigenvalue weighted by atomic mass is 10.2. The molecule has 1 aromatic heterocycles. The molecule has 10 heteroatoms. The number of amides is 1. The first-order valence-electron chi connectivity index (χ1n) is 7.83. The quantitative estimate of drug-likeness (QED) is 0.787. The fourth-order valence-electron chi connectivity index (χ4n) is 2.41. The molecule has 1 amide bonds. The number of carbonyl (C=O) groups is 1. The van der Waals surface area contributed by atoms with E-state index in [2.05, 4.69) is 20.8 Å². The minimum absolute atomic E-state index is 0.0697. The number of hydrogen-bond donors (Lipinski definition) is 1. The van der Waals surface area contributed by atoms with Gasteiger partial charge in [-0.25, -0.2) is 13.5 Å². The van der Waals surface area contributed by atoms with E-state index in [1.807, 2.05) is 0 Å². The Kier molecular flexibility index (Phi) is 5.59. The summed E-state index contributed by atoms with van der Waals surface area (Å²) < 4.78 is 33.7. The number of halogens is 2. The maximum absolute atomic E-state index is 13.6. The van der Waals surface area contributed by atoms with Gasteiger partial charge in [0, 0.05) is 12.7 Å². The molecule has 0 bridgehead atoms. The van der Waals surface area contributed by atoms with Crippen LogP contribution in [-0.2, 0) is 16.1 Å². The highest BCUT2D eigenvalue weighted by molar-refractivity contribution is 8.00. The molecule has 0 saturated carbocycles. The van der Waals surface area contributed by atoms with Gasteiger partial charge in [0.25, 0.3) is 0 Å². The number of tetrazole rings is 1. The molecule has 2 atom stereocenters. The van der Waals surface area contributed by atoms with E-state index in [0.717, 1.165) is 43.3 Å². The van der Waals surface area contributed by atoms with E-state index in [1.165, 1.54) is 6.07 Å². The van der Waals surface area contributed by atoms with E-state index in [4.69, 9.17) is 4.74 Å². The molecule has 1 saturated heterocycles. The van der Waals surface area contributed by atoms with Crippen LogP contribution in [0, 0.1) is 11.6 Å². The van der Waals surface area contributed by atoms with Crippen molar-refractivity contribution in [1.29, 1.82) is 0 Å². The number of anilines is 1. The number of ether oxygens (including phenoxy) is 1. The lowest BCUT2D eigenvalue weighted by Crippen LogP contribution is -2.24. The molecule has 0 aliphatic carbocycles. The minimum atomic E-state index is -0.825. The Balaban J connectivity index is 1.60. The first-order chi connectivity index (χ1) is 12.0. The summed E-state index contributed by atoms with van der Waals surface area (Å²) in [6, 6.07) is 2.98. The number of nitrogens with one attached hydrogen (secondary N) is 1. The van der Waals surface area contributed by atoms with Gasteiger partial charge in [-0.2, -0.15) is 0 Å². The second kappa shape index (κ2) is 7.87. The standard InChI is InChI=1S/C15H17F2N5O2S/c1-9(14(23)18-13-5-4-10(16)7-12(13)17)25-15-19-20-21-22(15)8-11-3-2-6-24-11/h4-5,7,9,11H,2-3,6,8H2,1H3,(H,18,23). The predicted molar refractivity (Wildman–Crippen MR) is 87.1 cm³/mol. The van der Waals surface area contributed by atoms with Gasteiger partial charge in [0.15, 0.2) is 0 Å². The second-order valence-corrected chi connectivity index (χ2v) is 6.96. The van der Waals surface area contributed by atoms with Gasteiger partial charge in [-0.1, -0.05) is 11.8 Å². The zero-order valence-corrected chi connectivity index (χ0v) is 14.3. The molecule has 25 heavy (non-hydrogen) atoms. The van der Waals surface area contributed by atoms with Crippen LogP contribution in [0.25, 0.3) is 0 Å². The zero-order valence-electron chi connectivity index (χ0n) is 13.5. The van der Waals surface area contributed by atoms with E-state index < -0.39 is 22.8 Å². The Labute approximate surface area is 147 Å². The fraction of sp³-hybridized carbons (Fsp3) is 0.467. The third kappa shape index (κ3) is 4.51. The molecule has 1 aromatic carbocycles. The fourth-order valence-corrected chi connectivity index (χ4v) is 3.21. The molecular formula is C15H17F2N5O2S. The highest BCUT2D eigenvalue weighted by atomic mass is 32.2. The highest BCUT2D eigenvalue weighted by Gasteiger charge is 2.22. The number of carbonyl (C=O) groups excluding carboxylic acids is 1. The number of rotatable bonds is 6.